The van der Waals surface area contributed by atoms with E-state index in [0.717, 1.165) is 53.8 Å². The van der Waals surface area contributed by atoms with Crippen molar-refractivity contribution in [2.75, 3.05) is 39.8 Å². The second-order valence-electron chi connectivity index (χ2n) is 11.6. The highest BCUT2D eigenvalue weighted by Crippen LogP contribution is 2.34. The third-order valence-electron chi connectivity index (χ3n) is 7.62. The van der Waals surface area contributed by atoms with Gasteiger partial charge in [-0.05, 0) is 107 Å². The van der Waals surface area contributed by atoms with Crippen molar-refractivity contribution in [1.29, 1.82) is 0 Å². The van der Waals surface area contributed by atoms with Gasteiger partial charge in [-0.25, -0.2) is 9.59 Å². The van der Waals surface area contributed by atoms with Crippen LogP contribution in [-0.2, 0) is 14.2 Å². The highest BCUT2D eigenvalue weighted by atomic mass is 16.6. The van der Waals surface area contributed by atoms with Gasteiger partial charge in [0.1, 0.15) is 18.0 Å². The summed E-state index contributed by atoms with van der Waals surface area (Å²) in [6.45, 7) is 10.8. The number of nitrogens with zero attached hydrogens (tertiary/aromatic N) is 1. The Kier molecular flexibility index (Phi) is 10.9. The molecule has 2 aromatic carbocycles. The minimum absolute atomic E-state index is 0.177. The summed E-state index contributed by atoms with van der Waals surface area (Å²) in [5, 5.41) is 3.70. The molecule has 1 aliphatic rings. The average molecular weight is 555 g/mol. The van der Waals surface area contributed by atoms with Gasteiger partial charge in [-0.1, -0.05) is 12.1 Å². The van der Waals surface area contributed by atoms with Crippen molar-refractivity contribution in [2.45, 2.75) is 78.0 Å². The molecule has 1 unspecified atom stereocenters. The molecular weight excluding hydrogens is 508 g/mol. The van der Waals surface area contributed by atoms with E-state index in [0.29, 0.717) is 24.7 Å². The van der Waals surface area contributed by atoms with Crippen LogP contribution in [-0.4, -0.2) is 69.1 Å². The molecule has 1 saturated carbocycles. The van der Waals surface area contributed by atoms with E-state index >= 15 is 0 Å². The fourth-order valence-electron chi connectivity index (χ4n) is 5.17. The third kappa shape index (κ3) is 8.37. The van der Waals surface area contributed by atoms with Gasteiger partial charge in [-0.3, -0.25) is 0 Å². The maximum absolute atomic E-state index is 12.7. The van der Waals surface area contributed by atoms with Crippen molar-refractivity contribution in [1.82, 2.24) is 4.90 Å². The summed E-state index contributed by atoms with van der Waals surface area (Å²) < 4.78 is 21.4. The van der Waals surface area contributed by atoms with E-state index in [1.54, 1.807) is 12.0 Å². The van der Waals surface area contributed by atoms with E-state index in [9.17, 15) is 9.59 Å². The molecular formula is C32H46N2O6. The van der Waals surface area contributed by atoms with Gasteiger partial charge in [0.2, 0.25) is 0 Å². The summed E-state index contributed by atoms with van der Waals surface area (Å²) >= 11 is 0. The normalized spacial score (nSPS) is 18.0. The van der Waals surface area contributed by atoms with Crippen LogP contribution in [0.1, 0.15) is 69.3 Å². The van der Waals surface area contributed by atoms with Crippen LogP contribution >= 0.6 is 0 Å². The maximum atomic E-state index is 12.7. The summed E-state index contributed by atoms with van der Waals surface area (Å²) in [5.74, 6) is 0.845. The molecule has 8 heteroatoms. The van der Waals surface area contributed by atoms with E-state index in [-0.39, 0.29) is 24.1 Å². The zero-order valence-electron chi connectivity index (χ0n) is 25.3. The lowest BCUT2D eigenvalue weighted by Crippen LogP contribution is -2.43. The molecule has 2 aromatic rings. The first-order chi connectivity index (χ1) is 18.9. The highest BCUT2D eigenvalue weighted by molar-refractivity contribution is 5.95. The SMILES string of the molecule is COCCOc1ccc(-c2cc(NC(C)C3CCC(N(C)C(=O)OC(C)(C)C)CC3)c(C)c(C(=O)OC)c2)cc1. The van der Waals surface area contributed by atoms with Crippen LogP contribution in [0.4, 0.5) is 10.5 Å². The molecule has 0 aliphatic heterocycles. The number of ether oxygens (including phenoxy) is 4. The van der Waals surface area contributed by atoms with Gasteiger partial charge in [-0.2, -0.15) is 0 Å². The summed E-state index contributed by atoms with van der Waals surface area (Å²) in [7, 11) is 4.89. The number of rotatable bonds is 10. The molecule has 0 bridgehead atoms. The predicted octanol–water partition coefficient (Wildman–Crippen LogP) is 6.70. The van der Waals surface area contributed by atoms with E-state index < -0.39 is 5.60 Å². The van der Waals surface area contributed by atoms with Crippen LogP contribution in [0, 0.1) is 12.8 Å². The summed E-state index contributed by atoms with van der Waals surface area (Å²) in [6.07, 6.45) is 3.59. The van der Waals surface area contributed by atoms with Crippen molar-refractivity contribution >= 4 is 17.7 Å². The Morgan fingerprint density at radius 2 is 1.65 bits per heavy atom. The topological polar surface area (TPSA) is 86.3 Å². The molecule has 0 radical (unpaired) electrons. The van der Waals surface area contributed by atoms with Crippen molar-refractivity contribution < 1.29 is 28.5 Å². The number of anilines is 1. The van der Waals surface area contributed by atoms with Gasteiger partial charge in [-0.15, -0.1) is 0 Å². The molecule has 1 fully saturated rings. The standard InChI is InChI=1S/C32H46N2O6/c1-21-28(30(35)38-8)19-25(24-11-15-27(16-12-24)39-18-17-37-7)20-29(21)33-22(2)23-9-13-26(14-10-23)34(6)31(36)40-32(3,4)5/h11-12,15-16,19-20,22-23,26,33H,9-10,13-14,17-18H2,1-8H3. The van der Waals surface area contributed by atoms with Crippen molar-refractivity contribution in [3.8, 4) is 16.9 Å². The number of methoxy groups -OCH3 is 2. The smallest absolute Gasteiger partial charge is 0.410 e. The van der Waals surface area contributed by atoms with E-state index in [2.05, 4.69) is 18.3 Å². The number of carbonyl (C=O) groups excluding carboxylic acids is 2. The Balaban J connectivity index is 1.73. The Hall–Kier alpha value is -3.26. The highest BCUT2D eigenvalue weighted by Gasteiger charge is 2.31. The van der Waals surface area contributed by atoms with Crippen LogP contribution < -0.4 is 10.1 Å². The molecule has 1 N–H and O–H groups in total. The zero-order chi connectivity index (χ0) is 29.4. The summed E-state index contributed by atoms with van der Waals surface area (Å²) in [5.41, 5.74) is 3.71. The molecule has 40 heavy (non-hydrogen) atoms. The first kappa shape index (κ1) is 31.3. The number of amides is 1. The van der Waals surface area contributed by atoms with E-state index in [1.807, 2.05) is 65.1 Å². The molecule has 0 aromatic heterocycles. The van der Waals surface area contributed by atoms with Crippen molar-refractivity contribution in [3.05, 3.63) is 47.5 Å². The van der Waals surface area contributed by atoms with Gasteiger partial charge in [0.25, 0.3) is 0 Å². The molecule has 220 valence electrons. The van der Waals surface area contributed by atoms with Crippen LogP contribution in [0.2, 0.25) is 0 Å². The lowest BCUT2D eigenvalue weighted by Gasteiger charge is -2.37. The van der Waals surface area contributed by atoms with Crippen molar-refractivity contribution in [2.24, 2.45) is 5.92 Å². The Labute approximate surface area is 239 Å². The number of nitrogens with one attached hydrogen (secondary N) is 1. The number of hydrogen-bond acceptors (Lipinski definition) is 7. The van der Waals surface area contributed by atoms with Gasteiger partial charge < -0.3 is 29.2 Å². The average Bonchev–Trinajstić information content (AvgIpc) is 2.93. The van der Waals surface area contributed by atoms with Gasteiger partial charge in [0.05, 0.1) is 19.3 Å². The molecule has 0 heterocycles. The Bertz CT molecular complexity index is 1130. The lowest BCUT2D eigenvalue weighted by molar-refractivity contribution is 0.0170. The van der Waals surface area contributed by atoms with Crippen LogP contribution in [0.25, 0.3) is 11.1 Å². The summed E-state index contributed by atoms with van der Waals surface area (Å²) in [6, 6.07) is 12.2. The number of esters is 1. The summed E-state index contributed by atoms with van der Waals surface area (Å²) in [4.78, 5) is 27.0. The largest absolute Gasteiger partial charge is 0.491 e. The number of carbonyl (C=O) groups is 2. The second kappa shape index (κ2) is 13.9. The number of benzene rings is 2. The molecule has 1 aliphatic carbocycles. The van der Waals surface area contributed by atoms with E-state index in [1.165, 1.54) is 7.11 Å². The lowest BCUT2D eigenvalue weighted by atomic mass is 9.81. The number of hydrogen-bond donors (Lipinski definition) is 1. The molecule has 1 amide bonds. The third-order valence-corrected chi connectivity index (χ3v) is 7.62. The van der Waals surface area contributed by atoms with Crippen LogP contribution in [0.15, 0.2) is 36.4 Å². The fourth-order valence-corrected chi connectivity index (χ4v) is 5.17. The first-order valence-corrected chi connectivity index (χ1v) is 14.1. The zero-order valence-corrected chi connectivity index (χ0v) is 25.3. The van der Waals surface area contributed by atoms with Gasteiger partial charge >= 0.3 is 12.1 Å². The quantitative estimate of drug-likeness (QED) is 0.258. The van der Waals surface area contributed by atoms with Crippen LogP contribution in [0.5, 0.6) is 5.75 Å². The monoisotopic (exact) mass is 554 g/mol. The molecule has 0 spiro atoms. The Morgan fingerprint density at radius 3 is 2.23 bits per heavy atom. The van der Waals surface area contributed by atoms with Crippen molar-refractivity contribution in [3.63, 3.8) is 0 Å². The van der Waals surface area contributed by atoms with Gasteiger partial charge in [0, 0.05) is 31.9 Å². The minimum Gasteiger partial charge on any atom is -0.491 e. The van der Waals surface area contributed by atoms with E-state index in [4.69, 9.17) is 18.9 Å². The maximum Gasteiger partial charge on any atom is 0.410 e. The fraction of sp³-hybridized carbons (Fsp3) is 0.562. The first-order valence-electron chi connectivity index (χ1n) is 14.1. The van der Waals surface area contributed by atoms with Gasteiger partial charge in [0.15, 0.2) is 0 Å². The molecule has 1 atom stereocenters. The molecule has 8 nitrogen and oxygen atoms in total. The molecule has 3 rings (SSSR count). The molecule has 0 saturated heterocycles. The van der Waals surface area contributed by atoms with Crippen LogP contribution in [0.3, 0.4) is 0 Å². The minimum atomic E-state index is -0.504. The predicted molar refractivity (Wildman–Crippen MR) is 158 cm³/mol. The second-order valence-corrected chi connectivity index (χ2v) is 11.6. The Morgan fingerprint density at radius 1 is 1.00 bits per heavy atom.